The lowest BCUT2D eigenvalue weighted by molar-refractivity contribution is -0.161. The van der Waals surface area contributed by atoms with Gasteiger partial charge in [0.1, 0.15) is 19.3 Å². The van der Waals surface area contributed by atoms with Gasteiger partial charge < -0.3 is 33.8 Å². The number of unbranched alkanes of at least 4 members (excludes halogenated alkanes) is 29. The van der Waals surface area contributed by atoms with E-state index in [2.05, 4.69) is 149 Å². The number of rotatable bonds is 77. The van der Waals surface area contributed by atoms with E-state index in [0.29, 0.717) is 32.1 Å². The van der Waals surface area contributed by atoms with Gasteiger partial charge in [0.25, 0.3) is 0 Å². The number of aliphatic hydroxyl groups excluding tert-OH is 1. The van der Waals surface area contributed by atoms with Gasteiger partial charge in [-0.05, 0) is 161 Å². The first kappa shape index (κ1) is 101. The van der Waals surface area contributed by atoms with Crippen molar-refractivity contribution in [2.24, 2.45) is 0 Å². The third-order valence-electron chi connectivity index (χ3n) is 17.1. The Balaban J connectivity index is 5.47. The molecule has 0 radical (unpaired) electrons. The monoisotopic (exact) mass is 1530 g/mol. The molecule has 2 unspecified atom stereocenters. The minimum atomic E-state index is -5.01. The number of hydrogen-bond acceptors (Lipinski definition) is 15. The molecular weight excluding hydrogens is 1380 g/mol. The number of allylic oxidation sites excluding steroid dienone is 22. The predicted molar refractivity (Wildman–Crippen MR) is 436 cm³/mol. The highest BCUT2D eigenvalue weighted by Gasteiger charge is 2.30. The van der Waals surface area contributed by atoms with Gasteiger partial charge in [-0.1, -0.05) is 283 Å². The fourth-order valence-corrected chi connectivity index (χ4v) is 12.3. The van der Waals surface area contributed by atoms with E-state index in [1.807, 2.05) is 12.2 Å². The first-order valence-corrected chi connectivity index (χ1v) is 44.4. The van der Waals surface area contributed by atoms with Crippen LogP contribution >= 0.6 is 15.6 Å². The molecule has 0 heterocycles. The minimum absolute atomic E-state index is 0.0405. The zero-order valence-electron chi connectivity index (χ0n) is 66.6. The third kappa shape index (κ3) is 77.4. The molecule has 0 aromatic carbocycles. The van der Waals surface area contributed by atoms with E-state index in [9.17, 15) is 43.2 Å². The van der Waals surface area contributed by atoms with Crippen LogP contribution in [0.3, 0.4) is 0 Å². The highest BCUT2D eigenvalue weighted by atomic mass is 31.2. The van der Waals surface area contributed by atoms with Crippen LogP contribution in [0.15, 0.2) is 134 Å². The summed E-state index contributed by atoms with van der Waals surface area (Å²) in [7, 11) is -10.00. The quantitative estimate of drug-likeness (QED) is 0.0169. The maximum Gasteiger partial charge on any atom is 0.472 e. The number of carbonyl (C=O) groups excluding carboxylic acids is 4. The van der Waals surface area contributed by atoms with Crippen LogP contribution in [0.2, 0.25) is 0 Å². The summed E-state index contributed by atoms with van der Waals surface area (Å²) in [6.07, 6.45) is 88.6. The molecule has 0 aromatic heterocycles. The molecule has 0 aliphatic rings. The molecule has 0 bridgehead atoms. The highest BCUT2D eigenvalue weighted by molar-refractivity contribution is 7.47. The van der Waals surface area contributed by atoms with E-state index in [1.54, 1.807) is 0 Å². The summed E-state index contributed by atoms with van der Waals surface area (Å²) in [5, 5.41) is 10.7. The average Bonchev–Trinajstić information content (AvgIpc) is 0.902. The molecule has 0 aromatic rings. The maximum atomic E-state index is 13.1. The molecule has 0 aliphatic heterocycles. The molecule has 0 rings (SSSR count). The summed E-state index contributed by atoms with van der Waals surface area (Å²) in [5.41, 5.74) is 0. The smallest absolute Gasteiger partial charge is 0.462 e. The molecule has 106 heavy (non-hydrogen) atoms. The van der Waals surface area contributed by atoms with Gasteiger partial charge in [0.2, 0.25) is 0 Å². The van der Waals surface area contributed by atoms with Crippen LogP contribution in [-0.4, -0.2) is 96.7 Å². The van der Waals surface area contributed by atoms with Gasteiger partial charge in [0, 0.05) is 25.7 Å². The van der Waals surface area contributed by atoms with E-state index >= 15 is 0 Å². The van der Waals surface area contributed by atoms with E-state index in [-0.39, 0.29) is 25.7 Å². The number of ether oxygens (including phenoxy) is 4. The molecule has 0 spiro atoms. The molecule has 17 nitrogen and oxygen atoms in total. The van der Waals surface area contributed by atoms with Crippen molar-refractivity contribution < 1.29 is 80.2 Å². The fourth-order valence-electron chi connectivity index (χ4n) is 10.8. The Labute approximate surface area is 644 Å². The van der Waals surface area contributed by atoms with Crippen molar-refractivity contribution in [3.63, 3.8) is 0 Å². The Morgan fingerprint density at radius 3 is 0.830 bits per heavy atom. The standard InChI is InChI=1S/C87H148O17P2/c1-5-9-13-17-21-25-29-33-37-39-40-42-46-50-54-58-62-66-70-74-87(92)104-83(78-98-85(90)72-68-64-60-56-52-48-45-41-38-34-30-26-22-18-14-10-6-2)80-102-106(95,96)100-76-81(88)75-99-105(93,94)101-79-82(103-86(91)73-69-65-61-57-53-49-44-36-32-28-24-20-16-12-8-4)77-97-84(89)71-67-63-59-55-51-47-43-35-31-27-23-19-15-11-7-3/h9,13,21-22,25-26,33-38,40,42-45,48,50,54,56,60,81-83,88H,5-8,10-12,14-20,23-24,27-32,39,41,46-47,49,51-53,55,57-59,61-80H2,1-4H3,(H,93,94)(H,95,96)/b13-9-,25-21-,26-22-,37-33-,38-34-,42-40-,43-35-,44-36-,48-45-,54-50-,60-56-/t81-,82+,83+/m0/s1. The number of hydrogen-bond donors (Lipinski definition) is 3. The zero-order valence-corrected chi connectivity index (χ0v) is 68.4. The zero-order chi connectivity index (χ0) is 77.4. The van der Waals surface area contributed by atoms with Crippen LogP contribution in [0.4, 0.5) is 0 Å². The Morgan fingerprint density at radius 2 is 0.500 bits per heavy atom. The Kier molecular flexibility index (Phi) is 74.8. The summed E-state index contributed by atoms with van der Waals surface area (Å²) in [4.78, 5) is 73.1. The fraction of sp³-hybridized carbons (Fsp3) is 0.701. The lowest BCUT2D eigenvalue weighted by Gasteiger charge is -2.21. The second-order valence-corrected chi connectivity index (χ2v) is 30.2. The summed E-state index contributed by atoms with van der Waals surface area (Å²) >= 11 is 0. The minimum Gasteiger partial charge on any atom is -0.462 e. The van der Waals surface area contributed by atoms with Crippen molar-refractivity contribution in [2.45, 2.75) is 354 Å². The molecule has 3 N–H and O–H groups in total. The normalized spacial score (nSPS) is 14.5. The molecular formula is C87H148O17P2. The van der Waals surface area contributed by atoms with Crippen LogP contribution < -0.4 is 0 Å². The SMILES string of the molecule is CC/C=C\C/C=C\C/C=C\C/C=C\C/C=C\CCCCCC(=O)O[C@H](COC(=O)CCC/C=C\C/C=C\C/C=C\C/C=C\CCCCC)COP(=O)(O)OC[C@@H](O)COP(=O)(O)OC[C@@H](COC(=O)CCCCCCC/C=C\CCCCCCCC)OC(=O)CCCCCCC/C=C\CCCCCCCC. The summed E-state index contributed by atoms with van der Waals surface area (Å²) < 4.78 is 68.6. The number of carbonyl (C=O) groups is 4. The van der Waals surface area contributed by atoms with Crippen molar-refractivity contribution >= 4 is 39.5 Å². The number of phosphoric ester groups is 2. The Bertz CT molecular complexity index is 2530. The van der Waals surface area contributed by atoms with Crippen LogP contribution in [-0.2, 0) is 65.4 Å². The summed E-state index contributed by atoms with van der Waals surface area (Å²) in [6, 6.07) is 0. The number of phosphoric acid groups is 2. The van der Waals surface area contributed by atoms with E-state index < -0.39 is 97.5 Å². The van der Waals surface area contributed by atoms with E-state index in [0.717, 1.165) is 154 Å². The van der Waals surface area contributed by atoms with Crippen molar-refractivity contribution in [3.05, 3.63) is 134 Å². The van der Waals surface area contributed by atoms with Crippen LogP contribution in [0.25, 0.3) is 0 Å². The predicted octanol–water partition coefficient (Wildman–Crippen LogP) is 24.4. The van der Waals surface area contributed by atoms with Crippen molar-refractivity contribution in [1.29, 1.82) is 0 Å². The molecule has 0 aliphatic carbocycles. The largest absolute Gasteiger partial charge is 0.472 e. The Morgan fingerprint density at radius 1 is 0.274 bits per heavy atom. The van der Waals surface area contributed by atoms with Crippen molar-refractivity contribution in [1.82, 2.24) is 0 Å². The molecule has 19 heteroatoms. The van der Waals surface area contributed by atoms with Gasteiger partial charge >= 0.3 is 39.5 Å². The van der Waals surface area contributed by atoms with Crippen molar-refractivity contribution in [3.8, 4) is 0 Å². The lowest BCUT2D eigenvalue weighted by atomic mass is 10.1. The Hall–Kier alpha value is -4.80. The van der Waals surface area contributed by atoms with Gasteiger partial charge in [0.15, 0.2) is 12.2 Å². The van der Waals surface area contributed by atoms with E-state index in [4.69, 9.17) is 37.0 Å². The summed E-state index contributed by atoms with van der Waals surface area (Å²) in [6.45, 7) is 4.63. The molecule has 0 fully saturated rings. The van der Waals surface area contributed by atoms with Crippen LogP contribution in [0.5, 0.6) is 0 Å². The maximum absolute atomic E-state index is 13.1. The number of aliphatic hydroxyl groups is 1. The van der Waals surface area contributed by atoms with E-state index in [1.165, 1.54) is 96.3 Å². The van der Waals surface area contributed by atoms with Gasteiger partial charge in [0.05, 0.1) is 26.4 Å². The molecule has 0 saturated heterocycles. The topological polar surface area (TPSA) is 237 Å². The van der Waals surface area contributed by atoms with Gasteiger partial charge in [-0.25, -0.2) is 9.13 Å². The number of esters is 4. The molecule has 0 saturated carbocycles. The van der Waals surface area contributed by atoms with Crippen LogP contribution in [0.1, 0.15) is 336 Å². The van der Waals surface area contributed by atoms with Gasteiger partial charge in [-0.3, -0.25) is 37.3 Å². The molecule has 608 valence electrons. The van der Waals surface area contributed by atoms with Gasteiger partial charge in [-0.2, -0.15) is 0 Å². The molecule has 5 atom stereocenters. The first-order chi connectivity index (χ1) is 51.7. The van der Waals surface area contributed by atoms with Crippen molar-refractivity contribution in [2.75, 3.05) is 39.6 Å². The lowest BCUT2D eigenvalue weighted by Crippen LogP contribution is -2.30. The van der Waals surface area contributed by atoms with Gasteiger partial charge in [-0.15, -0.1) is 0 Å². The third-order valence-corrected chi connectivity index (χ3v) is 19.0. The second kappa shape index (κ2) is 78.3. The first-order valence-electron chi connectivity index (χ1n) is 41.4. The average molecular weight is 1530 g/mol. The second-order valence-electron chi connectivity index (χ2n) is 27.3. The highest BCUT2D eigenvalue weighted by Crippen LogP contribution is 2.45. The summed E-state index contributed by atoms with van der Waals surface area (Å²) in [5.74, 6) is -2.29. The molecule has 0 amide bonds. The van der Waals surface area contributed by atoms with Crippen LogP contribution in [0, 0.1) is 0 Å².